The summed E-state index contributed by atoms with van der Waals surface area (Å²) in [5.41, 5.74) is 0.687. The first kappa shape index (κ1) is 21.9. The van der Waals surface area contributed by atoms with Crippen LogP contribution in [0.5, 0.6) is 0 Å². The molecule has 0 heterocycles. The average molecular weight is 359 g/mol. The van der Waals surface area contributed by atoms with Gasteiger partial charge in [0.2, 0.25) is 0 Å². The second-order valence-electron chi connectivity index (χ2n) is 6.28. The van der Waals surface area contributed by atoms with Crippen LogP contribution in [0.2, 0.25) is 0 Å². The number of rotatable bonds is 13. The predicted molar refractivity (Wildman–Crippen MR) is 103 cm³/mol. The van der Waals surface area contributed by atoms with Crippen molar-refractivity contribution in [3.05, 3.63) is 41.5 Å². The molecule has 0 aliphatic heterocycles. The van der Waals surface area contributed by atoms with Crippen molar-refractivity contribution in [1.82, 2.24) is 0 Å². The molecule has 1 rings (SSSR count). The zero-order valence-corrected chi connectivity index (χ0v) is 16.1. The molecule has 143 valence electrons. The van der Waals surface area contributed by atoms with Crippen LogP contribution in [0, 0.1) is 6.07 Å². The Labute approximate surface area is 157 Å². The minimum Gasteiger partial charge on any atom is -0.462 e. The van der Waals surface area contributed by atoms with E-state index < -0.39 is 11.9 Å². The summed E-state index contributed by atoms with van der Waals surface area (Å²) in [5.74, 6) is -1.24. The molecule has 0 spiro atoms. The molecule has 4 heteroatoms. The van der Waals surface area contributed by atoms with Crippen LogP contribution in [0.1, 0.15) is 70.8 Å². The van der Waals surface area contributed by atoms with Gasteiger partial charge >= 0.3 is 11.9 Å². The maximum atomic E-state index is 12.4. The molecule has 0 atom stereocenters. The van der Waals surface area contributed by atoms with Gasteiger partial charge in [-0.1, -0.05) is 76.6 Å². The first-order chi connectivity index (χ1) is 12.7. The topological polar surface area (TPSA) is 52.6 Å². The molecule has 0 saturated heterocycles. The molecular formula is C22H31O4. The Bertz CT molecular complexity index is 521. The third-order valence-electron chi connectivity index (χ3n) is 3.96. The van der Waals surface area contributed by atoms with Gasteiger partial charge in [-0.05, 0) is 30.5 Å². The van der Waals surface area contributed by atoms with Gasteiger partial charge in [-0.2, -0.15) is 0 Å². The van der Waals surface area contributed by atoms with E-state index in [1.165, 1.54) is 6.08 Å². The zero-order valence-electron chi connectivity index (χ0n) is 16.1. The standard InChI is InChI=1S/C22H31O4/c1-3-5-7-12-16-25-21(23)20(18-19-14-10-9-11-15-19)22(24)26-17-13-8-6-4-2/h10-11,14-15,18H,3-8,12-13,16-17H2,1-2H3. The Hall–Kier alpha value is -2.10. The van der Waals surface area contributed by atoms with Crippen molar-refractivity contribution >= 4 is 18.0 Å². The molecule has 26 heavy (non-hydrogen) atoms. The van der Waals surface area contributed by atoms with Crippen LogP contribution in [-0.2, 0) is 19.1 Å². The Morgan fingerprint density at radius 1 is 0.846 bits per heavy atom. The molecule has 0 amide bonds. The monoisotopic (exact) mass is 359 g/mol. The number of carbonyl (C=O) groups excluding carboxylic acids is 2. The molecule has 0 aliphatic carbocycles. The lowest BCUT2D eigenvalue weighted by molar-refractivity contribution is -0.147. The van der Waals surface area contributed by atoms with Crippen molar-refractivity contribution in [3.8, 4) is 0 Å². The molecule has 0 bridgehead atoms. The molecule has 0 saturated carbocycles. The van der Waals surface area contributed by atoms with Gasteiger partial charge in [0.25, 0.3) is 0 Å². The van der Waals surface area contributed by atoms with Crippen molar-refractivity contribution in [2.75, 3.05) is 13.2 Å². The summed E-state index contributed by atoms with van der Waals surface area (Å²) in [6.07, 6.45) is 9.62. The van der Waals surface area contributed by atoms with Gasteiger partial charge in [0, 0.05) is 0 Å². The maximum absolute atomic E-state index is 12.4. The Morgan fingerprint density at radius 3 is 1.81 bits per heavy atom. The lowest BCUT2D eigenvalue weighted by Crippen LogP contribution is -2.19. The van der Waals surface area contributed by atoms with Gasteiger partial charge in [-0.3, -0.25) is 0 Å². The van der Waals surface area contributed by atoms with Gasteiger partial charge in [-0.25, -0.2) is 9.59 Å². The normalized spacial score (nSPS) is 10.2. The van der Waals surface area contributed by atoms with Crippen LogP contribution < -0.4 is 0 Å². The van der Waals surface area contributed by atoms with Crippen molar-refractivity contribution in [2.24, 2.45) is 0 Å². The third kappa shape index (κ3) is 9.40. The van der Waals surface area contributed by atoms with Crippen LogP contribution in [0.3, 0.4) is 0 Å². The molecular weight excluding hydrogens is 328 g/mol. The largest absolute Gasteiger partial charge is 0.462 e. The number of hydrogen-bond acceptors (Lipinski definition) is 4. The highest BCUT2D eigenvalue weighted by Crippen LogP contribution is 2.12. The lowest BCUT2D eigenvalue weighted by Gasteiger charge is -2.09. The number of ether oxygens (including phenoxy) is 2. The molecule has 0 aliphatic rings. The fourth-order valence-electron chi connectivity index (χ4n) is 2.41. The maximum Gasteiger partial charge on any atom is 0.345 e. The number of benzene rings is 1. The van der Waals surface area contributed by atoms with E-state index in [1.54, 1.807) is 24.3 Å². The fourth-order valence-corrected chi connectivity index (χ4v) is 2.41. The van der Waals surface area contributed by atoms with Crippen LogP contribution >= 0.6 is 0 Å². The molecule has 0 fully saturated rings. The zero-order chi connectivity index (χ0) is 19.0. The smallest absolute Gasteiger partial charge is 0.345 e. The number of hydrogen-bond donors (Lipinski definition) is 0. The minimum absolute atomic E-state index is 0.0535. The van der Waals surface area contributed by atoms with Crippen molar-refractivity contribution in [3.63, 3.8) is 0 Å². The van der Waals surface area contributed by atoms with Crippen molar-refractivity contribution < 1.29 is 19.1 Å². The Kier molecular flexibility index (Phi) is 11.9. The quantitative estimate of drug-likeness (QED) is 0.161. The molecule has 1 aromatic carbocycles. The predicted octanol–water partition coefficient (Wildman–Crippen LogP) is 5.12. The Balaban J connectivity index is 2.65. The molecule has 0 unspecified atom stereocenters. The third-order valence-corrected chi connectivity index (χ3v) is 3.96. The highest BCUT2D eigenvalue weighted by atomic mass is 16.6. The molecule has 1 aromatic rings. The lowest BCUT2D eigenvalue weighted by atomic mass is 10.1. The van der Waals surface area contributed by atoms with Crippen LogP contribution in [-0.4, -0.2) is 25.2 Å². The summed E-state index contributed by atoms with van der Waals surface area (Å²) in [4.78, 5) is 24.7. The van der Waals surface area contributed by atoms with Crippen LogP contribution in [0.4, 0.5) is 0 Å². The van der Waals surface area contributed by atoms with Gasteiger partial charge in [0.15, 0.2) is 0 Å². The van der Waals surface area contributed by atoms with E-state index in [0.29, 0.717) is 13.2 Å². The van der Waals surface area contributed by atoms with Gasteiger partial charge in [0.05, 0.1) is 13.2 Å². The summed E-state index contributed by atoms with van der Waals surface area (Å²) >= 11 is 0. The van der Waals surface area contributed by atoms with Crippen LogP contribution in [0.15, 0.2) is 29.8 Å². The summed E-state index contributed by atoms with van der Waals surface area (Å²) in [5, 5.41) is 0. The highest BCUT2D eigenvalue weighted by molar-refractivity contribution is 6.17. The first-order valence-electron chi connectivity index (χ1n) is 9.71. The second kappa shape index (κ2) is 14.1. The first-order valence-corrected chi connectivity index (χ1v) is 9.71. The SMILES string of the molecule is CCCCCCOC(=O)C(=Cc1cc[c]cc1)C(=O)OCCCCCC. The van der Waals surface area contributed by atoms with Gasteiger partial charge in [0.1, 0.15) is 5.57 Å². The average Bonchev–Trinajstić information content (AvgIpc) is 2.66. The second-order valence-corrected chi connectivity index (χ2v) is 6.28. The van der Waals surface area contributed by atoms with E-state index >= 15 is 0 Å². The highest BCUT2D eigenvalue weighted by Gasteiger charge is 2.21. The summed E-state index contributed by atoms with van der Waals surface area (Å²) in [6.45, 7) is 4.90. The fraction of sp³-hybridized carbons (Fsp3) is 0.545. The number of unbranched alkanes of at least 4 members (excludes halogenated alkanes) is 6. The van der Waals surface area contributed by atoms with Crippen LogP contribution in [0.25, 0.3) is 6.08 Å². The van der Waals surface area contributed by atoms with E-state index in [0.717, 1.165) is 56.9 Å². The van der Waals surface area contributed by atoms with Crippen molar-refractivity contribution in [2.45, 2.75) is 65.2 Å². The van der Waals surface area contributed by atoms with E-state index in [2.05, 4.69) is 19.9 Å². The summed E-state index contributed by atoms with van der Waals surface area (Å²) < 4.78 is 10.5. The van der Waals surface area contributed by atoms with E-state index in [9.17, 15) is 9.59 Å². The molecule has 0 aromatic heterocycles. The molecule has 0 N–H and O–H groups in total. The van der Waals surface area contributed by atoms with Gasteiger partial charge in [-0.15, -0.1) is 0 Å². The summed E-state index contributed by atoms with van der Waals surface area (Å²) in [6, 6.07) is 9.94. The number of carbonyl (C=O) groups is 2. The van der Waals surface area contributed by atoms with E-state index in [4.69, 9.17) is 9.47 Å². The van der Waals surface area contributed by atoms with E-state index in [1.807, 2.05) is 0 Å². The molecule has 1 radical (unpaired) electrons. The Morgan fingerprint density at radius 2 is 1.35 bits per heavy atom. The van der Waals surface area contributed by atoms with Gasteiger partial charge < -0.3 is 9.47 Å². The minimum atomic E-state index is -0.618. The summed E-state index contributed by atoms with van der Waals surface area (Å²) in [7, 11) is 0. The molecule has 4 nitrogen and oxygen atoms in total. The number of esters is 2. The van der Waals surface area contributed by atoms with Crippen molar-refractivity contribution in [1.29, 1.82) is 0 Å². The van der Waals surface area contributed by atoms with E-state index in [-0.39, 0.29) is 5.57 Å².